The molecule has 4 nitrogen and oxygen atoms in total. The highest BCUT2D eigenvalue weighted by Gasteiger charge is 2.27. The second-order valence-electron chi connectivity index (χ2n) is 5.17. The zero-order valence-electron chi connectivity index (χ0n) is 10.9. The standard InChI is InChI=1S/C11H16ClF3N4/c1-10(2,3)9-18-7(12)6(8(16)19-9)4-17-5-11(13,14)15/h17H,4-5H2,1-3H3,(H2,16,18,19). The number of anilines is 1. The van der Waals surface area contributed by atoms with Crippen molar-refractivity contribution in [1.29, 1.82) is 0 Å². The Morgan fingerprint density at radius 1 is 1.21 bits per heavy atom. The van der Waals surface area contributed by atoms with Crippen molar-refractivity contribution in [1.82, 2.24) is 15.3 Å². The normalized spacial score (nSPS) is 12.8. The van der Waals surface area contributed by atoms with Gasteiger partial charge in [-0.05, 0) is 0 Å². The number of aromatic nitrogens is 2. The molecular weight excluding hydrogens is 281 g/mol. The van der Waals surface area contributed by atoms with Gasteiger partial charge in [-0.2, -0.15) is 13.2 Å². The zero-order chi connectivity index (χ0) is 14.8. The Bertz CT molecular complexity index is 431. The maximum atomic E-state index is 12.0. The first kappa shape index (κ1) is 16.0. The summed E-state index contributed by atoms with van der Waals surface area (Å²) in [6, 6.07) is 0. The first-order valence-electron chi connectivity index (χ1n) is 5.60. The molecule has 0 aliphatic carbocycles. The molecule has 1 heterocycles. The van der Waals surface area contributed by atoms with Crippen molar-refractivity contribution in [3.8, 4) is 0 Å². The fourth-order valence-corrected chi connectivity index (χ4v) is 1.54. The van der Waals surface area contributed by atoms with Gasteiger partial charge in [0.05, 0.1) is 6.54 Å². The van der Waals surface area contributed by atoms with E-state index < -0.39 is 12.7 Å². The lowest BCUT2D eigenvalue weighted by Crippen LogP contribution is -2.29. The van der Waals surface area contributed by atoms with Crippen LogP contribution >= 0.6 is 11.6 Å². The van der Waals surface area contributed by atoms with Gasteiger partial charge < -0.3 is 11.1 Å². The van der Waals surface area contributed by atoms with Crippen LogP contribution in [0.25, 0.3) is 0 Å². The van der Waals surface area contributed by atoms with Crippen LogP contribution in [0.2, 0.25) is 5.15 Å². The molecule has 0 saturated carbocycles. The number of nitrogens with one attached hydrogen (secondary N) is 1. The summed E-state index contributed by atoms with van der Waals surface area (Å²) >= 11 is 5.94. The summed E-state index contributed by atoms with van der Waals surface area (Å²) in [5.41, 5.74) is 5.65. The minimum absolute atomic E-state index is 0.0760. The third-order valence-corrected chi connectivity index (χ3v) is 2.60. The third-order valence-electron chi connectivity index (χ3n) is 2.29. The van der Waals surface area contributed by atoms with Gasteiger partial charge in [0.15, 0.2) is 0 Å². The predicted molar refractivity (Wildman–Crippen MR) is 67.9 cm³/mol. The number of nitrogens with two attached hydrogens (primary N) is 1. The molecule has 1 aromatic rings. The Morgan fingerprint density at radius 3 is 2.21 bits per heavy atom. The summed E-state index contributed by atoms with van der Waals surface area (Å²) < 4.78 is 36.1. The van der Waals surface area contributed by atoms with Crippen molar-refractivity contribution < 1.29 is 13.2 Å². The number of nitrogen functional groups attached to an aromatic ring is 1. The molecule has 0 fully saturated rings. The molecular formula is C11H16ClF3N4. The highest BCUT2D eigenvalue weighted by Crippen LogP contribution is 2.25. The Kier molecular flexibility index (Phi) is 4.63. The molecule has 19 heavy (non-hydrogen) atoms. The van der Waals surface area contributed by atoms with E-state index in [9.17, 15) is 13.2 Å². The van der Waals surface area contributed by atoms with E-state index in [1.807, 2.05) is 20.8 Å². The van der Waals surface area contributed by atoms with Gasteiger partial charge in [-0.3, -0.25) is 0 Å². The Labute approximate surface area is 114 Å². The minimum atomic E-state index is -4.28. The number of alkyl halides is 3. The highest BCUT2D eigenvalue weighted by molar-refractivity contribution is 6.30. The molecule has 0 bridgehead atoms. The highest BCUT2D eigenvalue weighted by atomic mass is 35.5. The van der Waals surface area contributed by atoms with E-state index in [0.29, 0.717) is 5.82 Å². The number of hydrogen-bond donors (Lipinski definition) is 2. The van der Waals surface area contributed by atoms with Gasteiger partial charge in [0.2, 0.25) is 0 Å². The van der Waals surface area contributed by atoms with E-state index in [1.165, 1.54) is 0 Å². The summed E-state index contributed by atoms with van der Waals surface area (Å²) in [6.45, 7) is 4.41. The lowest BCUT2D eigenvalue weighted by atomic mass is 9.95. The maximum absolute atomic E-state index is 12.0. The number of halogens is 4. The van der Waals surface area contributed by atoms with Crippen molar-refractivity contribution in [3.63, 3.8) is 0 Å². The number of rotatable bonds is 3. The smallest absolute Gasteiger partial charge is 0.383 e. The first-order valence-corrected chi connectivity index (χ1v) is 5.98. The minimum Gasteiger partial charge on any atom is -0.383 e. The summed E-state index contributed by atoms with van der Waals surface area (Å²) in [7, 11) is 0. The molecule has 0 amide bonds. The van der Waals surface area contributed by atoms with Crippen molar-refractivity contribution in [2.75, 3.05) is 12.3 Å². The van der Waals surface area contributed by atoms with Gasteiger partial charge in [-0.25, -0.2) is 9.97 Å². The molecule has 0 aromatic carbocycles. The van der Waals surface area contributed by atoms with Gasteiger partial charge in [0.1, 0.15) is 16.8 Å². The van der Waals surface area contributed by atoms with Crippen LogP contribution in [-0.4, -0.2) is 22.7 Å². The SMILES string of the molecule is CC(C)(C)c1nc(N)c(CNCC(F)(F)F)c(Cl)n1. The van der Waals surface area contributed by atoms with Crippen LogP contribution < -0.4 is 11.1 Å². The predicted octanol–water partition coefficient (Wildman–Crippen LogP) is 2.66. The van der Waals surface area contributed by atoms with Crippen LogP contribution in [0, 0.1) is 0 Å². The van der Waals surface area contributed by atoms with Gasteiger partial charge >= 0.3 is 6.18 Å². The molecule has 0 unspecified atom stereocenters. The van der Waals surface area contributed by atoms with Crippen LogP contribution in [-0.2, 0) is 12.0 Å². The molecule has 0 spiro atoms. The number of nitrogens with zero attached hydrogens (tertiary/aromatic N) is 2. The van der Waals surface area contributed by atoms with Gasteiger partial charge in [-0.15, -0.1) is 0 Å². The first-order chi connectivity index (χ1) is 8.50. The summed E-state index contributed by atoms with van der Waals surface area (Å²) in [6.07, 6.45) is -4.28. The average Bonchev–Trinajstić information content (AvgIpc) is 2.18. The molecule has 3 N–H and O–H groups in total. The summed E-state index contributed by atoms with van der Waals surface area (Å²) in [5, 5.41) is 2.29. The Morgan fingerprint density at radius 2 is 1.79 bits per heavy atom. The second kappa shape index (κ2) is 5.50. The van der Waals surface area contributed by atoms with Crippen molar-refractivity contribution in [2.45, 2.75) is 38.9 Å². The maximum Gasteiger partial charge on any atom is 0.401 e. The van der Waals surface area contributed by atoms with Crippen LogP contribution in [0.5, 0.6) is 0 Å². The average molecular weight is 297 g/mol. The fourth-order valence-electron chi connectivity index (χ4n) is 1.30. The lowest BCUT2D eigenvalue weighted by Gasteiger charge is -2.18. The molecule has 0 atom stereocenters. The Hall–Kier alpha value is -1.08. The summed E-state index contributed by atoms with van der Waals surface area (Å²) in [5.74, 6) is 0.550. The molecule has 0 saturated heterocycles. The van der Waals surface area contributed by atoms with E-state index in [2.05, 4.69) is 15.3 Å². The summed E-state index contributed by atoms with van der Waals surface area (Å²) in [4.78, 5) is 8.15. The molecule has 0 aliphatic heterocycles. The molecule has 108 valence electrons. The van der Waals surface area contributed by atoms with Crippen molar-refractivity contribution >= 4 is 17.4 Å². The van der Waals surface area contributed by atoms with Gasteiger partial charge in [0.25, 0.3) is 0 Å². The monoisotopic (exact) mass is 296 g/mol. The van der Waals surface area contributed by atoms with E-state index in [0.717, 1.165) is 0 Å². The van der Waals surface area contributed by atoms with Crippen LogP contribution in [0.1, 0.15) is 32.2 Å². The van der Waals surface area contributed by atoms with Crippen molar-refractivity contribution in [2.24, 2.45) is 0 Å². The van der Waals surface area contributed by atoms with Crippen LogP contribution in [0.4, 0.5) is 19.0 Å². The van der Waals surface area contributed by atoms with E-state index >= 15 is 0 Å². The van der Waals surface area contributed by atoms with E-state index in [1.54, 1.807) is 0 Å². The van der Waals surface area contributed by atoms with Gasteiger partial charge in [-0.1, -0.05) is 32.4 Å². The molecule has 8 heteroatoms. The third kappa shape index (κ3) is 4.83. The largest absolute Gasteiger partial charge is 0.401 e. The van der Waals surface area contributed by atoms with E-state index in [-0.39, 0.29) is 28.5 Å². The molecule has 1 rings (SSSR count). The molecule has 0 aliphatic rings. The fraction of sp³-hybridized carbons (Fsp3) is 0.636. The second-order valence-corrected chi connectivity index (χ2v) is 5.53. The van der Waals surface area contributed by atoms with Crippen LogP contribution in [0.3, 0.4) is 0 Å². The quantitative estimate of drug-likeness (QED) is 0.842. The Balaban J connectivity index is 2.87. The zero-order valence-corrected chi connectivity index (χ0v) is 11.7. The van der Waals surface area contributed by atoms with Crippen LogP contribution in [0.15, 0.2) is 0 Å². The topological polar surface area (TPSA) is 63.8 Å². The van der Waals surface area contributed by atoms with Crippen molar-refractivity contribution in [3.05, 3.63) is 16.5 Å². The van der Waals surface area contributed by atoms with E-state index in [4.69, 9.17) is 17.3 Å². The lowest BCUT2D eigenvalue weighted by molar-refractivity contribution is -0.125. The van der Waals surface area contributed by atoms with Gasteiger partial charge in [0, 0.05) is 17.5 Å². The molecule has 0 radical (unpaired) electrons. The number of hydrogen-bond acceptors (Lipinski definition) is 4. The molecule has 1 aromatic heterocycles.